The monoisotopic (exact) mass is 1460 g/mol. The van der Waals surface area contributed by atoms with E-state index in [1.54, 1.807) is 0 Å². The lowest BCUT2D eigenvalue weighted by Crippen LogP contribution is -2.65. The molecular weight excluding hydrogens is 1390 g/mol. The summed E-state index contributed by atoms with van der Waals surface area (Å²) < 4.78 is 5.01. The van der Waals surface area contributed by atoms with E-state index >= 15 is 0 Å². The smallest absolute Gasteiger partial charge is 0.252 e. The van der Waals surface area contributed by atoms with Gasteiger partial charge in [0, 0.05) is 116 Å². The molecule has 6 heterocycles. The number of para-hydroxylation sites is 8. The van der Waals surface area contributed by atoms with Gasteiger partial charge in [-0.1, -0.05) is 273 Å². The van der Waals surface area contributed by atoms with Gasteiger partial charge in [0.05, 0.1) is 37.8 Å². The molecule has 19 aromatic rings. The molecule has 0 saturated carbocycles. The first-order valence-electron chi connectivity index (χ1n) is 38.5. The largest absolute Gasteiger partial charge is 0.311 e. The van der Waals surface area contributed by atoms with Gasteiger partial charge in [-0.3, -0.25) is 0 Å². The van der Waals surface area contributed by atoms with E-state index in [9.17, 15) is 0 Å². The number of anilines is 18. The first-order chi connectivity index (χ1) is 55.6. The van der Waals surface area contributed by atoms with Crippen molar-refractivity contribution in [2.75, 3.05) is 29.4 Å². The van der Waals surface area contributed by atoms with Crippen LogP contribution in [0.5, 0.6) is 0 Å². The van der Waals surface area contributed by atoms with Crippen LogP contribution in [0, 0.1) is 0 Å². The highest BCUT2D eigenvalue weighted by Crippen LogP contribution is 2.57. The molecule has 0 unspecified atom stereocenters. The molecule has 0 bridgehead atoms. The van der Waals surface area contributed by atoms with Crippen LogP contribution in [0.3, 0.4) is 0 Å². The minimum atomic E-state index is -0.261. The van der Waals surface area contributed by atoms with E-state index < -0.39 is 0 Å². The van der Waals surface area contributed by atoms with Crippen LogP contribution in [-0.2, 0) is 0 Å². The molecule has 0 atom stereocenters. The fourth-order valence-corrected chi connectivity index (χ4v) is 21.1. The summed E-state index contributed by atoms with van der Waals surface area (Å²) in [5, 5.41) is 5.02. The maximum Gasteiger partial charge on any atom is 0.252 e. The summed E-state index contributed by atoms with van der Waals surface area (Å²) in [4.78, 5) is 15.5. The Labute approximate surface area is 658 Å². The van der Waals surface area contributed by atoms with Gasteiger partial charge in [-0.2, -0.15) is 0 Å². The number of fused-ring (bicyclic) bond motifs is 14. The van der Waals surface area contributed by atoms with Crippen molar-refractivity contribution in [2.45, 2.75) is 0 Å². The van der Waals surface area contributed by atoms with Crippen molar-refractivity contribution < 1.29 is 0 Å². The second-order valence-electron chi connectivity index (χ2n) is 29.4. The normalized spacial score (nSPS) is 12.9. The average Bonchev–Trinajstić information content (AvgIpc) is 0.805. The van der Waals surface area contributed by atoms with Crippen LogP contribution in [0.25, 0.3) is 62.6 Å². The second kappa shape index (κ2) is 25.9. The molecule has 0 aliphatic carbocycles. The van der Waals surface area contributed by atoms with Crippen LogP contribution in [0.4, 0.5) is 102 Å². The van der Waals surface area contributed by atoms with Gasteiger partial charge in [0.1, 0.15) is 0 Å². The minimum Gasteiger partial charge on any atom is -0.311 e. The Morgan fingerprint density at radius 3 is 1.12 bits per heavy atom. The third-order valence-corrected chi connectivity index (χ3v) is 25.7. The second-order valence-corrected chi connectivity index (χ2v) is 31.5. The Morgan fingerprint density at radius 1 is 0.223 bits per heavy atom. The highest BCUT2D eigenvalue weighted by atomic mass is 32.1. The molecule has 10 heteroatoms. The lowest BCUT2D eigenvalue weighted by molar-refractivity contribution is 1.22. The summed E-state index contributed by atoms with van der Waals surface area (Å²) >= 11 is 3.76. The van der Waals surface area contributed by atoms with E-state index in [1.807, 2.05) is 22.7 Å². The Hall–Kier alpha value is -13.9. The maximum atomic E-state index is 2.70. The molecule has 0 spiro atoms. The van der Waals surface area contributed by atoms with Crippen LogP contribution in [0.15, 0.2) is 400 Å². The summed E-state index contributed by atoms with van der Waals surface area (Å²) in [6.07, 6.45) is 0. The molecular formula is C102H66B2N6S2. The maximum absolute atomic E-state index is 2.70. The number of nitrogens with zero attached hydrogens (tertiary/aromatic N) is 6. The van der Waals surface area contributed by atoms with Gasteiger partial charge in [-0.15, -0.1) is 22.7 Å². The van der Waals surface area contributed by atoms with Gasteiger partial charge in [0.25, 0.3) is 13.4 Å². The van der Waals surface area contributed by atoms with Crippen molar-refractivity contribution in [3.05, 3.63) is 400 Å². The average molecular weight is 1460 g/mol. The fourth-order valence-electron chi connectivity index (χ4n) is 18.7. The van der Waals surface area contributed by atoms with Crippen LogP contribution >= 0.6 is 22.7 Å². The molecule has 23 rings (SSSR count). The first-order valence-corrected chi connectivity index (χ1v) is 40.1. The quantitative estimate of drug-likeness (QED) is 0.113. The topological polar surface area (TPSA) is 19.4 Å². The molecule has 4 aliphatic rings. The number of hydrogen-bond acceptors (Lipinski definition) is 8. The summed E-state index contributed by atoms with van der Waals surface area (Å²) in [7, 11) is 0. The molecule has 0 saturated heterocycles. The lowest BCUT2D eigenvalue weighted by Gasteiger charge is -2.48. The van der Waals surface area contributed by atoms with Crippen LogP contribution in [0.2, 0.25) is 0 Å². The van der Waals surface area contributed by atoms with Gasteiger partial charge >= 0.3 is 0 Å². The van der Waals surface area contributed by atoms with Crippen LogP contribution < -0.4 is 62.2 Å². The van der Waals surface area contributed by atoms with Gasteiger partial charge in [0.15, 0.2) is 0 Å². The third-order valence-electron chi connectivity index (χ3n) is 23.3. The Bertz CT molecular complexity index is 6850. The molecule has 17 aromatic carbocycles. The molecule has 522 valence electrons. The van der Waals surface area contributed by atoms with E-state index in [2.05, 4.69) is 430 Å². The zero-order valence-electron chi connectivity index (χ0n) is 60.8. The van der Waals surface area contributed by atoms with Crippen molar-refractivity contribution in [1.29, 1.82) is 0 Å². The fraction of sp³-hybridized carbons (Fsp3) is 0. The number of rotatable bonds is 12. The van der Waals surface area contributed by atoms with E-state index in [0.717, 1.165) is 125 Å². The van der Waals surface area contributed by atoms with E-state index in [4.69, 9.17) is 0 Å². The van der Waals surface area contributed by atoms with Gasteiger partial charge < -0.3 is 29.4 Å². The molecule has 0 fully saturated rings. The molecule has 0 N–H and O–H groups in total. The summed E-state index contributed by atoms with van der Waals surface area (Å²) in [6, 6.07) is 150. The minimum absolute atomic E-state index is 0.261. The Morgan fingerprint density at radius 2 is 0.589 bits per heavy atom. The zero-order valence-corrected chi connectivity index (χ0v) is 62.4. The highest BCUT2D eigenvalue weighted by Gasteiger charge is 2.50. The first kappa shape index (κ1) is 64.1. The number of hydrogen-bond donors (Lipinski definition) is 0. The Balaban J connectivity index is 0.876. The summed E-state index contributed by atoms with van der Waals surface area (Å²) in [5.74, 6) is 0. The molecule has 0 amide bonds. The van der Waals surface area contributed by atoms with Crippen LogP contribution in [0.1, 0.15) is 0 Å². The van der Waals surface area contributed by atoms with Crippen molar-refractivity contribution in [1.82, 2.24) is 0 Å². The highest BCUT2D eigenvalue weighted by molar-refractivity contribution is 7.27. The van der Waals surface area contributed by atoms with E-state index in [-0.39, 0.29) is 13.4 Å². The number of thiophene rings is 2. The summed E-state index contributed by atoms with van der Waals surface area (Å²) in [5.41, 5.74) is 31.6. The molecule has 4 aliphatic heterocycles. The molecule has 6 nitrogen and oxygen atoms in total. The van der Waals surface area contributed by atoms with E-state index in [1.165, 1.54) is 73.1 Å². The van der Waals surface area contributed by atoms with Crippen molar-refractivity contribution >= 4 is 212 Å². The predicted octanol–water partition coefficient (Wildman–Crippen LogP) is 24.9. The van der Waals surface area contributed by atoms with Crippen molar-refractivity contribution in [3.8, 4) is 22.3 Å². The SMILES string of the molecule is c1ccc(-c2cccc(-c3ccccc3)c2N2c3cc4c(cc3B3c5ccccc5N(c5ccccc5)c5cc(N(c6ccccc6)c6ccccc6)cc2c53)B2c3ccccc3N(c3cccc5c3sc3ccccc35)c3cc(N(c5ccccc5)c5cccc6c5sc5ccccc56)cc(c32)N4c2ccccc2)cc1. The standard InChI is InChI=1S/C102H66B2N6S2/c1-8-33-67(34-9-1)76-49-30-50-77(68-35-10-2-11-36-68)100(76)110-91-66-90-84(65-85(91)103-82-53-24-26-55-86(82)107(72-43-18-6-19-44-72)92-61-74(62-95(110)99(92)103)105(69-37-12-3-13-38-69)70-39-14-4-15-40-70)104-83-54-25-27-56-87(83)109(89-58-32-52-81-79-48-23-29-60-97(79)112-102(81)89)94-64-75(63-93(98(94)104)108(90)73-45-20-7-21-46-73)106(71-41-16-5-17-42-71)88-57-31-51-80-78-47-22-28-59-96(78)111-101(80)88/h1-66H. The number of benzene rings is 17. The van der Waals surface area contributed by atoms with E-state index in [0.29, 0.717) is 0 Å². The molecule has 0 radical (unpaired) electrons. The van der Waals surface area contributed by atoms with Crippen molar-refractivity contribution in [3.63, 3.8) is 0 Å². The Kier molecular flexibility index (Phi) is 14.8. The third kappa shape index (κ3) is 9.92. The lowest BCUT2D eigenvalue weighted by atomic mass is 9.30. The van der Waals surface area contributed by atoms with Gasteiger partial charge in [0.2, 0.25) is 0 Å². The van der Waals surface area contributed by atoms with Gasteiger partial charge in [-0.05, 0) is 171 Å². The predicted molar refractivity (Wildman–Crippen MR) is 481 cm³/mol. The molecule has 112 heavy (non-hydrogen) atoms. The van der Waals surface area contributed by atoms with Crippen LogP contribution in [-0.4, -0.2) is 13.4 Å². The zero-order chi connectivity index (χ0) is 73.5. The van der Waals surface area contributed by atoms with Gasteiger partial charge in [-0.25, -0.2) is 0 Å². The van der Waals surface area contributed by atoms with Crippen molar-refractivity contribution in [2.24, 2.45) is 0 Å². The molecule has 2 aromatic heterocycles. The summed E-state index contributed by atoms with van der Waals surface area (Å²) in [6.45, 7) is -0.522.